The van der Waals surface area contributed by atoms with Crippen LogP contribution in [0.25, 0.3) is 0 Å². The van der Waals surface area contributed by atoms with Crippen LogP contribution in [0.3, 0.4) is 0 Å². The molecule has 6 heteroatoms. The number of hydrogen-bond donors (Lipinski definition) is 0. The van der Waals surface area contributed by atoms with Crippen molar-refractivity contribution in [2.45, 2.75) is 414 Å². The summed E-state index contributed by atoms with van der Waals surface area (Å²) in [6.45, 7) is 41.4. The largest absolute Gasteiger partial charge is 0.461 e. The molecule has 0 radical (unpaired) electrons. The van der Waals surface area contributed by atoms with Crippen molar-refractivity contribution in [3.05, 3.63) is 176 Å². The Hall–Kier alpha value is -5.49. The van der Waals surface area contributed by atoms with Crippen LogP contribution in [0.4, 0.5) is 0 Å². The van der Waals surface area contributed by atoms with Crippen LogP contribution in [0.1, 0.15) is 414 Å². The molecule has 0 fully saturated rings. The Labute approximate surface area is 668 Å². The molecule has 0 amide bonds. The first-order valence-electron chi connectivity index (χ1n) is 44.4. The van der Waals surface area contributed by atoms with E-state index in [9.17, 15) is 14.4 Å². The van der Waals surface area contributed by atoms with Crippen LogP contribution >= 0.6 is 0 Å². The molecule has 0 unspecified atom stereocenters. The molecule has 0 aliphatic heterocycles. The van der Waals surface area contributed by atoms with E-state index in [1.54, 1.807) is 0 Å². The maximum Gasteiger partial charge on any atom is 0.306 e. The van der Waals surface area contributed by atoms with Gasteiger partial charge < -0.3 is 14.2 Å². The number of carbonyl (C=O) groups excluding carboxylic acids is 3. The van der Waals surface area contributed by atoms with Crippen LogP contribution in [-0.4, -0.2) is 37.7 Å². The van der Waals surface area contributed by atoms with Gasteiger partial charge in [0.05, 0.1) is 0 Å². The summed E-state index contributed by atoms with van der Waals surface area (Å²) in [6, 6.07) is 0. The van der Waals surface area contributed by atoms with E-state index >= 15 is 0 Å². The zero-order chi connectivity index (χ0) is 80.0. The molecule has 0 saturated carbocycles. The number of unbranched alkanes of at least 4 members (excludes halogenated alkanes) is 30. The number of allylic oxidation sites excluding steroid dienone is 27. The third kappa shape index (κ3) is 54.2. The van der Waals surface area contributed by atoms with E-state index in [-0.39, 0.29) is 34.2 Å². The zero-order valence-electron chi connectivity index (χ0n) is 73.8. The highest BCUT2D eigenvalue weighted by Crippen LogP contribution is 2.43. The van der Waals surface area contributed by atoms with Gasteiger partial charge in [-0.05, 0) is 191 Å². The molecule has 3 rings (SSSR count). The lowest BCUT2D eigenvalue weighted by Gasteiger charge is -2.33. The molecule has 0 atom stereocenters. The first-order chi connectivity index (χ1) is 51.8. The average Bonchev–Trinajstić information content (AvgIpc) is 0.837. The van der Waals surface area contributed by atoms with Gasteiger partial charge in [-0.15, -0.1) is 0 Å². The fourth-order valence-corrected chi connectivity index (χ4v) is 14.9. The molecule has 0 aromatic rings. The maximum atomic E-state index is 12.0. The summed E-state index contributed by atoms with van der Waals surface area (Å²) in [5, 5.41) is 0. The molecular formula is C102H168O6. The van der Waals surface area contributed by atoms with Gasteiger partial charge >= 0.3 is 17.9 Å². The predicted octanol–water partition coefficient (Wildman–Crippen LogP) is 32.3. The molecule has 0 spiro atoms. The van der Waals surface area contributed by atoms with Crippen molar-refractivity contribution in [2.75, 3.05) is 19.8 Å². The second kappa shape index (κ2) is 64.1. The standard InChI is InChI=1S/C36H60O2.C34H56O2.C32H52O2/c1-7-8-9-10-11-12-13-14-15-16-17-18-19-25-35(37)38-30-28-32(3)23-20-22-31(2)26-27-34-33(4)24-21-29-36(34,5)6;1-7-8-9-10-11-12-13-14-15-16-17-23-33(35)36-28-26-30(3)21-18-20-29(2)24-25-32-31(4)22-19-27-34(32,5)6;1-7-8-9-10-11-12-13-14-15-21-31(33)34-26-24-28(3)19-16-18-27(2)22-23-30-29(4)20-17-25-32(30,5)6/h20,22-23,26-28H,7-19,21,24-25,29-30H2,1-6H3;18,20-21,24-26H,7-17,19,22-23,27-28H2,1-6H3;16,18-19,22-24H,7-15,17,20-21,25-26H2,1-6H3/b23-20+,27-26+,31-22+,32-28+;21-18+,25-24+,29-20+,30-26+;19-16+,23-22+,27-18+,28-24+. The minimum Gasteiger partial charge on any atom is -0.461 e. The van der Waals surface area contributed by atoms with Gasteiger partial charge in [0, 0.05) is 19.3 Å². The molecule has 0 heterocycles. The third-order valence-corrected chi connectivity index (χ3v) is 22.2. The molecular weight excluding hydrogens is 1320 g/mol. The Kier molecular flexibility index (Phi) is 59.6. The molecule has 6 nitrogen and oxygen atoms in total. The molecule has 0 saturated heterocycles. The predicted molar refractivity (Wildman–Crippen MR) is 474 cm³/mol. The monoisotopic (exact) mass is 1490 g/mol. The first kappa shape index (κ1) is 101. The van der Waals surface area contributed by atoms with Gasteiger partial charge in [0.15, 0.2) is 0 Å². The number of esters is 3. The quantitative estimate of drug-likeness (QED) is 0.0261. The van der Waals surface area contributed by atoms with Gasteiger partial charge in [-0.1, -0.05) is 396 Å². The first-order valence-corrected chi connectivity index (χ1v) is 44.4. The molecule has 108 heavy (non-hydrogen) atoms. The van der Waals surface area contributed by atoms with Crippen molar-refractivity contribution >= 4 is 17.9 Å². The molecule has 3 aliphatic rings. The maximum absolute atomic E-state index is 12.0. The van der Waals surface area contributed by atoms with Gasteiger partial charge in [-0.2, -0.15) is 0 Å². The lowest BCUT2D eigenvalue weighted by molar-refractivity contribution is -0.143. The van der Waals surface area contributed by atoms with Crippen LogP contribution < -0.4 is 0 Å². The third-order valence-electron chi connectivity index (χ3n) is 22.2. The second-order valence-corrected chi connectivity index (χ2v) is 34.4. The SMILES string of the molecule is CCCCCCCCCCCC(=O)OC/C=C(C)/C=C/C=C(C)/C=C/C1=C(C)CCCC1(C)C.CCCCCCCCCCCCCC(=O)OC/C=C(C)/C=C/C=C(C)/C=C/C1=C(C)CCCC1(C)C.CCCCCCCCCCCCCCCC(=O)OC/C=C(C)/C=C/C=C(C)/C=C/C1=C(C)CCCC1(C)C. The molecule has 612 valence electrons. The Morgan fingerprint density at radius 3 is 0.704 bits per heavy atom. The summed E-state index contributed by atoms with van der Waals surface area (Å²) in [5.41, 5.74) is 16.9. The topological polar surface area (TPSA) is 78.9 Å². The van der Waals surface area contributed by atoms with Crippen LogP contribution in [-0.2, 0) is 28.6 Å². The summed E-state index contributed by atoms with van der Waals surface area (Å²) in [4.78, 5) is 35.9. The van der Waals surface area contributed by atoms with Crippen LogP contribution in [0.2, 0.25) is 0 Å². The molecule has 3 aliphatic carbocycles. The van der Waals surface area contributed by atoms with E-state index < -0.39 is 0 Å². The summed E-state index contributed by atoms with van der Waals surface area (Å²) in [6.07, 6.45) is 94.1. The highest BCUT2D eigenvalue weighted by atomic mass is 16.5. The van der Waals surface area contributed by atoms with Crippen LogP contribution in [0.5, 0.6) is 0 Å². The van der Waals surface area contributed by atoms with Crippen molar-refractivity contribution < 1.29 is 28.6 Å². The summed E-state index contributed by atoms with van der Waals surface area (Å²) < 4.78 is 16.2. The summed E-state index contributed by atoms with van der Waals surface area (Å²) >= 11 is 0. The number of rotatable bonds is 54. The van der Waals surface area contributed by atoms with Gasteiger partial charge in [-0.25, -0.2) is 0 Å². The van der Waals surface area contributed by atoms with Gasteiger partial charge in [0.25, 0.3) is 0 Å². The van der Waals surface area contributed by atoms with E-state index in [1.807, 2.05) is 32.1 Å². The zero-order valence-corrected chi connectivity index (χ0v) is 73.8. The Morgan fingerprint density at radius 2 is 0.500 bits per heavy atom. The molecule has 0 aromatic carbocycles. The van der Waals surface area contributed by atoms with Gasteiger partial charge in [-0.3, -0.25) is 14.4 Å². The minimum atomic E-state index is -0.0768. The molecule has 0 bridgehead atoms. The van der Waals surface area contributed by atoms with E-state index in [1.165, 1.54) is 281 Å². The van der Waals surface area contributed by atoms with Crippen LogP contribution in [0.15, 0.2) is 176 Å². The fourth-order valence-electron chi connectivity index (χ4n) is 14.9. The van der Waals surface area contributed by atoms with Crippen molar-refractivity contribution in [2.24, 2.45) is 16.2 Å². The lowest BCUT2D eigenvalue weighted by atomic mass is 9.72. The van der Waals surface area contributed by atoms with Crippen molar-refractivity contribution in [3.8, 4) is 0 Å². The molecule has 0 aromatic heterocycles. The highest BCUT2D eigenvalue weighted by molar-refractivity contribution is 5.70. The van der Waals surface area contributed by atoms with Crippen molar-refractivity contribution in [3.63, 3.8) is 0 Å². The van der Waals surface area contributed by atoms with E-state index in [0.717, 1.165) is 55.2 Å². The minimum absolute atomic E-state index is 0.0720. The highest BCUT2D eigenvalue weighted by Gasteiger charge is 2.28. The number of hydrogen-bond acceptors (Lipinski definition) is 6. The smallest absolute Gasteiger partial charge is 0.306 e. The lowest BCUT2D eigenvalue weighted by Crippen LogP contribution is -2.19. The molecule has 0 N–H and O–H groups in total. The fraction of sp³-hybridized carbons (Fsp3) is 0.676. The van der Waals surface area contributed by atoms with E-state index in [0.29, 0.717) is 39.1 Å². The van der Waals surface area contributed by atoms with Gasteiger partial charge in [0.1, 0.15) is 19.8 Å². The average molecular weight is 1490 g/mol. The number of ether oxygens (including phenoxy) is 3. The van der Waals surface area contributed by atoms with E-state index in [2.05, 4.69) is 202 Å². The summed E-state index contributed by atoms with van der Waals surface area (Å²) in [5.74, 6) is -0.223. The van der Waals surface area contributed by atoms with E-state index in [4.69, 9.17) is 14.2 Å². The second-order valence-electron chi connectivity index (χ2n) is 34.4. The van der Waals surface area contributed by atoms with Gasteiger partial charge in [0.2, 0.25) is 0 Å². The Balaban J connectivity index is 0.000000811. The Bertz CT molecular complexity index is 2950. The van der Waals surface area contributed by atoms with Crippen LogP contribution in [0, 0.1) is 16.2 Å². The summed E-state index contributed by atoms with van der Waals surface area (Å²) in [7, 11) is 0. The Morgan fingerprint density at radius 1 is 0.296 bits per heavy atom. The normalized spacial score (nSPS) is 16.9. The van der Waals surface area contributed by atoms with Crippen molar-refractivity contribution in [1.82, 2.24) is 0 Å². The number of carbonyl (C=O) groups is 3. The van der Waals surface area contributed by atoms with Crippen molar-refractivity contribution in [1.29, 1.82) is 0 Å².